The Bertz CT molecular complexity index is 490. The van der Waals surface area contributed by atoms with Crippen LogP contribution in [0.25, 0.3) is 10.9 Å². The molecule has 0 fully saturated rings. The first-order chi connectivity index (χ1) is 8.22. The van der Waals surface area contributed by atoms with E-state index in [9.17, 15) is 0 Å². The SMILES string of the molecule is CCC(C)NCCn1cc(Br)c2ccccc21. The molecule has 0 radical (unpaired) electrons. The van der Waals surface area contributed by atoms with Gasteiger partial charge in [0.25, 0.3) is 0 Å². The molecule has 0 aliphatic rings. The summed E-state index contributed by atoms with van der Waals surface area (Å²) in [5, 5.41) is 4.81. The van der Waals surface area contributed by atoms with Crippen molar-refractivity contribution in [2.45, 2.75) is 32.9 Å². The van der Waals surface area contributed by atoms with Crippen molar-refractivity contribution in [1.82, 2.24) is 9.88 Å². The van der Waals surface area contributed by atoms with Gasteiger partial charge in [0.15, 0.2) is 0 Å². The monoisotopic (exact) mass is 294 g/mol. The highest BCUT2D eigenvalue weighted by Crippen LogP contribution is 2.25. The average molecular weight is 295 g/mol. The van der Waals surface area contributed by atoms with E-state index in [0.717, 1.165) is 13.1 Å². The van der Waals surface area contributed by atoms with Gasteiger partial charge in [-0.1, -0.05) is 25.1 Å². The van der Waals surface area contributed by atoms with Gasteiger partial charge in [-0.2, -0.15) is 0 Å². The zero-order valence-corrected chi connectivity index (χ0v) is 12.0. The van der Waals surface area contributed by atoms with E-state index in [0.29, 0.717) is 6.04 Å². The molecule has 0 saturated heterocycles. The van der Waals surface area contributed by atoms with Gasteiger partial charge in [0, 0.05) is 40.7 Å². The van der Waals surface area contributed by atoms with Gasteiger partial charge in [-0.3, -0.25) is 0 Å². The van der Waals surface area contributed by atoms with Crippen LogP contribution in [0.4, 0.5) is 0 Å². The summed E-state index contributed by atoms with van der Waals surface area (Å²) in [5.41, 5.74) is 1.30. The lowest BCUT2D eigenvalue weighted by Gasteiger charge is -2.12. The molecular weight excluding hydrogens is 276 g/mol. The molecule has 1 aromatic heterocycles. The Morgan fingerprint density at radius 2 is 2.12 bits per heavy atom. The van der Waals surface area contributed by atoms with Crippen molar-refractivity contribution < 1.29 is 0 Å². The zero-order valence-electron chi connectivity index (χ0n) is 10.4. The number of benzene rings is 1. The largest absolute Gasteiger partial charge is 0.345 e. The topological polar surface area (TPSA) is 17.0 Å². The van der Waals surface area contributed by atoms with Crippen molar-refractivity contribution in [3.63, 3.8) is 0 Å². The molecule has 0 bridgehead atoms. The third kappa shape index (κ3) is 2.90. The minimum Gasteiger partial charge on any atom is -0.345 e. The van der Waals surface area contributed by atoms with Crippen LogP contribution in [0.2, 0.25) is 0 Å². The lowest BCUT2D eigenvalue weighted by atomic mass is 10.2. The van der Waals surface area contributed by atoms with Crippen molar-refractivity contribution in [3.8, 4) is 0 Å². The molecule has 92 valence electrons. The average Bonchev–Trinajstić information content (AvgIpc) is 2.67. The molecule has 0 amide bonds. The van der Waals surface area contributed by atoms with E-state index in [4.69, 9.17) is 0 Å². The van der Waals surface area contributed by atoms with Gasteiger partial charge >= 0.3 is 0 Å². The lowest BCUT2D eigenvalue weighted by molar-refractivity contribution is 0.509. The Morgan fingerprint density at radius 1 is 1.35 bits per heavy atom. The first-order valence-corrected chi connectivity index (χ1v) is 6.98. The number of nitrogens with one attached hydrogen (secondary N) is 1. The highest BCUT2D eigenvalue weighted by atomic mass is 79.9. The van der Waals surface area contributed by atoms with E-state index >= 15 is 0 Å². The minimum atomic E-state index is 0.597. The van der Waals surface area contributed by atoms with Crippen LogP contribution in [0, 0.1) is 0 Å². The summed E-state index contributed by atoms with van der Waals surface area (Å²) in [5.74, 6) is 0. The number of fused-ring (bicyclic) bond motifs is 1. The summed E-state index contributed by atoms with van der Waals surface area (Å²) < 4.78 is 3.48. The van der Waals surface area contributed by atoms with Crippen molar-refractivity contribution in [2.24, 2.45) is 0 Å². The van der Waals surface area contributed by atoms with Crippen molar-refractivity contribution in [2.75, 3.05) is 6.54 Å². The zero-order chi connectivity index (χ0) is 12.3. The first kappa shape index (κ1) is 12.7. The Kier molecular flexibility index (Phi) is 4.24. The van der Waals surface area contributed by atoms with Crippen LogP contribution < -0.4 is 5.32 Å². The van der Waals surface area contributed by atoms with E-state index in [-0.39, 0.29) is 0 Å². The van der Waals surface area contributed by atoms with Gasteiger partial charge in [-0.05, 0) is 35.3 Å². The number of para-hydroxylation sites is 1. The van der Waals surface area contributed by atoms with E-state index in [2.05, 4.69) is 70.1 Å². The van der Waals surface area contributed by atoms with Crippen LogP contribution in [0.1, 0.15) is 20.3 Å². The smallest absolute Gasteiger partial charge is 0.0492 e. The second-order valence-corrected chi connectivity index (χ2v) is 5.31. The number of halogens is 1. The maximum absolute atomic E-state index is 3.61. The number of hydrogen-bond donors (Lipinski definition) is 1. The molecule has 0 aliphatic heterocycles. The minimum absolute atomic E-state index is 0.597. The number of hydrogen-bond acceptors (Lipinski definition) is 1. The Morgan fingerprint density at radius 3 is 2.88 bits per heavy atom. The summed E-state index contributed by atoms with van der Waals surface area (Å²) in [4.78, 5) is 0. The molecule has 3 heteroatoms. The quantitative estimate of drug-likeness (QED) is 0.888. The molecule has 1 atom stereocenters. The molecule has 2 aromatic rings. The third-order valence-corrected chi connectivity index (χ3v) is 3.83. The normalized spacial score (nSPS) is 13.1. The molecule has 1 heterocycles. The molecule has 2 rings (SSSR count). The maximum Gasteiger partial charge on any atom is 0.0492 e. The van der Waals surface area contributed by atoms with Gasteiger partial charge in [0.1, 0.15) is 0 Å². The van der Waals surface area contributed by atoms with Crippen LogP contribution >= 0.6 is 15.9 Å². The number of rotatable bonds is 5. The lowest BCUT2D eigenvalue weighted by Crippen LogP contribution is -2.28. The molecule has 1 unspecified atom stereocenters. The summed E-state index contributed by atoms with van der Waals surface area (Å²) in [6.45, 7) is 6.46. The molecule has 17 heavy (non-hydrogen) atoms. The van der Waals surface area contributed by atoms with Gasteiger partial charge in [-0.25, -0.2) is 0 Å². The molecule has 0 saturated carbocycles. The fourth-order valence-electron chi connectivity index (χ4n) is 1.96. The maximum atomic E-state index is 3.61. The van der Waals surface area contributed by atoms with E-state index in [1.165, 1.54) is 21.8 Å². The molecule has 0 aliphatic carbocycles. The van der Waals surface area contributed by atoms with Crippen LogP contribution in [0.5, 0.6) is 0 Å². The van der Waals surface area contributed by atoms with Crippen molar-refractivity contribution in [1.29, 1.82) is 0 Å². The summed E-state index contributed by atoms with van der Waals surface area (Å²) in [6, 6.07) is 9.09. The third-order valence-electron chi connectivity index (χ3n) is 3.20. The fourth-order valence-corrected chi connectivity index (χ4v) is 2.55. The number of nitrogens with zero attached hydrogens (tertiary/aromatic N) is 1. The van der Waals surface area contributed by atoms with Crippen LogP contribution in [0.15, 0.2) is 34.9 Å². The van der Waals surface area contributed by atoms with Gasteiger partial charge in [0.2, 0.25) is 0 Å². The highest BCUT2D eigenvalue weighted by molar-refractivity contribution is 9.10. The number of aromatic nitrogens is 1. The molecular formula is C14H19BrN2. The predicted octanol–water partition coefficient (Wildman–Crippen LogP) is 3.79. The first-order valence-electron chi connectivity index (χ1n) is 6.19. The molecule has 1 aromatic carbocycles. The molecule has 0 spiro atoms. The van der Waals surface area contributed by atoms with Crippen LogP contribution in [-0.2, 0) is 6.54 Å². The van der Waals surface area contributed by atoms with Gasteiger partial charge in [0.05, 0.1) is 0 Å². The Balaban J connectivity index is 2.09. The molecule has 1 N–H and O–H groups in total. The summed E-state index contributed by atoms with van der Waals surface area (Å²) in [7, 11) is 0. The summed E-state index contributed by atoms with van der Waals surface area (Å²) >= 11 is 3.61. The van der Waals surface area contributed by atoms with Gasteiger partial charge in [-0.15, -0.1) is 0 Å². The highest BCUT2D eigenvalue weighted by Gasteiger charge is 2.05. The summed E-state index contributed by atoms with van der Waals surface area (Å²) in [6.07, 6.45) is 3.35. The second-order valence-electron chi connectivity index (χ2n) is 4.45. The fraction of sp³-hybridized carbons (Fsp3) is 0.429. The second kappa shape index (κ2) is 5.69. The van der Waals surface area contributed by atoms with E-state index in [1.54, 1.807) is 0 Å². The van der Waals surface area contributed by atoms with Crippen molar-refractivity contribution >= 4 is 26.8 Å². The van der Waals surface area contributed by atoms with Gasteiger partial charge < -0.3 is 9.88 Å². The van der Waals surface area contributed by atoms with Crippen molar-refractivity contribution in [3.05, 3.63) is 34.9 Å². The van der Waals surface area contributed by atoms with E-state index in [1.807, 2.05) is 0 Å². The molecule has 2 nitrogen and oxygen atoms in total. The van der Waals surface area contributed by atoms with Crippen LogP contribution in [0.3, 0.4) is 0 Å². The Hall–Kier alpha value is -0.800. The Labute approximate surface area is 111 Å². The van der Waals surface area contributed by atoms with Crippen LogP contribution in [-0.4, -0.2) is 17.2 Å². The van der Waals surface area contributed by atoms with E-state index < -0.39 is 0 Å². The predicted molar refractivity (Wildman–Crippen MR) is 77.4 cm³/mol. The standard InChI is InChI=1S/C14H19BrN2/c1-3-11(2)16-8-9-17-10-13(15)12-6-4-5-7-14(12)17/h4-7,10-11,16H,3,8-9H2,1-2H3.